The van der Waals surface area contributed by atoms with Gasteiger partial charge in [0, 0.05) is 11.0 Å². The quantitative estimate of drug-likeness (QED) is 0.853. The summed E-state index contributed by atoms with van der Waals surface area (Å²) in [7, 11) is 2.92. The summed E-state index contributed by atoms with van der Waals surface area (Å²) in [6.45, 7) is 0.361. The highest BCUT2D eigenvalue weighted by Crippen LogP contribution is 2.37. The number of hydrogen-bond donors (Lipinski definition) is 2. The van der Waals surface area contributed by atoms with Gasteiger partial charge in [0.25, 0.3) is 0 Å². The second-order valence-electron chi connectivity index (χ2n) is 4.33. The van der Waals surface area contributed by atoms with Crippen molar-refractivity contribution in [1.29, 1.82) is 0 Å². The molecule has 0 heterocycles. The summed E-state index contributed by atoms with van der Waals surface area (Å²) in [6.07, 6.45) is 0. The third-order valence-corrected chi connectivity index (χ3v) is 3.44. The molecule has 6 heteroatoms. The second-order valence-corrected chi connectivity index (χ2v) is 5.24. The van der Waals surface area contributed by atoms with Crippen LogP contribution in [0, 0.1) is 5.82 Å². The van der Waals surface area contributed by atoms with Gasteiger partial charge in [0.05, 0.1) is 19.9 Å². The van der Waals surface area contributed by atoms with Crippen molar-refractivity contribution in [2.75, 3.05) is 19.5 Å². The summed E-state index contributed by atoms with van der Waals surface area (Å²) in [5.41, 5.74) is 1.18. The number of aromatic hydroxyl groups is 1. The van der Waals surface area contributed by atoms with E-state index in [9.17, 15) is 9.50 Å². The van der Waals surface area contributed by atoms with Crippen LogP contribution in [0.3, 0.4) is 0 Å². The van der Waals surface area contributed by atoms with Gasteiger partial charge in [-0.2, -0.15) is 0 Å². The molecule has 0 spiro atoms. The smallest absolute Gasteiger partial charge is 0.200 e. The van der Waals surface area contributed by atoms with E-state index in [-0.39, 0.29) is 11.6 Å². The van der Waals surface area contributed by atoms with Crippen LogP contribution in [0.1, 0.15) is 5.56 Å². The molecule has 21 heavy (non-hydrogen) atoms. The highest BCUT2D eigenvalue weighted by atomic mass is 79.9. The lowest BCUT2D eigenvalue weighted by molar-refractivity contribution is 0.339. The molecule has 0 aliphatic rings. The zero-order chi connectivity index (χ0) is 15.4. The summed E-state index contributed by atoms with van der Waals surface area (Å²) < 4.78 is 24.6. The summed E-state index contributed by atoms with van der Waals surface area (Å²) in [6, 6.07) is 8.00. The van der Waals surface area contributed by atoms with E-state index in [0.29, 0.717) is 23.7 Å². The average molecular weight is 356 g/mol. The fourth-order valence-electron chi connectivity index (χ4n) is 1.88. The number of anilines is 1. The molecule has 0 saturated carbocycles. The molecule has 2 rings (SSSR count). The molecule has 0 saturated heterocycles. The van der Waals surface area contributed by atoms with Crippen LogP contribution in [0.2, 0.25) is 0 Å². The highest BCUT2D eigenvalue weighted by Gasteiger charge is 2.11. The molecular formula is C15H15BrFNO3. The van der Waals surface area contributed by atoms with Crippen molar-refractivity contribution in [2.24, 2.45) is 0 Å². The Labute approximate surface area is 130 Å². The lowest BCUT2D eigenvalue weighted by Crippen LogP contribution is -2.02. The van der Waals surface area contributed by atoms with E-state index < -0.39 is 0 Å². The van der Waals surface area contributed by atoms with Crippen molar-refractivity contribution < 1.29 is 19.0 Å². The van der Waals surface area contributed by atoms with Gasteiger partial charge < -0.3 is 19.9 Å². The molecule has 0 unspecified atom stereocenters. The maximum atomic E-state index is 13.7. The van der Waals surface area contributed by atoms with E-state index in [0.717, 1.165) is 10.0 Å². The van der Waals surface area contributed by atoms with Crippen LogP contribution in [0.5, 0.6) is 17.2 Å². The molecule has 0 bridgehead atoms. The van der Waals surface area contributed by atoms with Crippen LogP contribution in [0.15, 0.2) is 34.8 Å². The van der Waals surface area contributed by atoms with E-state index in [2.05, 4.69) is 21.2 Å². The minimum absolute atomic E-state index is 0.0580. The van der Waals surface area contributed by atoms with Crippen molar-refractivity contribution in [2.45, 2.75) is 6.54 Å². The number of hydrogen-bond acceptors (Lipinski definition) is 4. The first kappa shape index (κ1) is 15.4. The molecule has 0 atom stereocenters. The largest absolute Gasteiger partial charge is 0.502 e. The van der Waals surface area contributed by atoms with Crippen molar-refractivity contribution in [3.63, 3.8) is 0 Å². The standard InChI is InChI=1S/C15H15BrFNO3/c1-20-13-5-9(6-14(21-2)15(13)19)8-18-12-7-10(16)3-4-11(12)17/h3-7,18-19H,8H2,1-2H3. The summed E-state index contributed by atoms with van der Waals surface area (Å²) in [4.78, 5) is 0. The normalized spacial score (nSPS) is 10.3. The SMILES string of the molecule is COc1cc(CNc2cc(Br)ccc2F)cc(OC)c1O. The molecule has 0 aliphatic heterocycles. The van der Waals surface area contributed by atoms with Gasteiger partial charge in [-0.15, -0.1) is 0 Å². The van der Waals surface area contributed by atoms with E-state index in [1.807, 2.05) is 0 Å². The maximum absolute atomic E-state index is 13.7. The monoisotopic (exact) mass is 355 g/mol. The lowest BCUT2D eigenvalue weighted by atomic mass is 10.1. The number of nitrogens with one attached hydrogen (secondary N) is 1. The predicted molar refractivity (Wildman–Crippen MR) is 82.6 cm³/mol. The van der Waals surface area contributed by atoms with Crippen LogP contribution in [0.25, 0.3) is 0 Å². The Morgan fingerprint density at radius 2 is 1.76 bits per heavy atom. The zero-order valence-electron chi connectivity index (χ0n) is 11.6. The van der Waals surface area contributed by atoms with E-state index in [1.165, 1.54) is 20.3 Å². The van der Waals surface area contributed by atoms with Gasteiger partial charge in [0.1, 0.15) is 5.82 Å². The number of halogens is 2. The van der Waals surface area contributed by atoms with E-state index in [4.69, 9.17) is 9.47 Å². The Hall–Kier alpha value is -1.95. The van der Waals surface area contributed by atoms with Gasteiger partial charge in [-0.3, -0.25) is 0 Å². The van der Waals surface area contributed by atoms with Crippen LogP contribution in [0.4, 0.5) is 10.1 Å². The maximum Gasteiger partial charge on any atom is 0.200 e. The average Bonchev–Trinajstić information content (AvgIpc) is 2.49. The molecule has 4 nitrogen and oxygen atoms in total. The molecule has 0 radical (unpaired) electrons. The molecule has 2 N–H and O–H groups in total. The van der Waals surface area contributed by atoms with E-state index >= 15 is 0 Å². The van der Waals surface area contributed by atoms with Crippen molar-refractivity contribution in [3.8, 4) is 17.2 Å². The molecule has 0 aromatic heterocycles. The number of ether oxygens (including phenoxy) is 2. The third kappa shape index (κ3) is 3.58. The van der Waals surface area contributed by atoms with Crippen LogP contribution < -0.4 is 14.8 Å². The first-order chi connectivity index (χ1) is 10.0. The Bertz CT molecular complexity index is 624. The third-order valence-electron chi connectivity index (χ3n) is 2.95. The van der Waals surface area contributed by atoms with Gasteiger partial charge in [0.2, 0.25) is 5.75 Å². The van der Waals surface area contributed by atoms with Gasteiger partial charge in [-0.05, 0) is 35.9 Å². The minimum Gasteiger partial charge on any atom is -0.502 e. The first-order valence-electron chi connectivity index (χ1n) is 6.18. The number of phenolic OH excluding ortho intramolecular Hbond substituents is 1. The van der Waals surface area contributed by atoms with Crippen molar-refractivity contribution in [1.82, 2.24) is 0 Å². The highest BCUT2D eigenvalue weighted by molar-refractivity contribution is 9.10. The van der Waals surface area contributed by atoms with Gasteiger partial charge in [-0.25, -0.2) is 4.39 Å². The second kappa shape index (κ2) is 6.67. The fraction of sp³-hybridized carbons (Fsp3) is 0.200. The van der Waals surface area contributed by atoms with Gasteiger partial charge in [0.15, 0.2) is 11.5 Å². The lowest BCUT2D eigenvalue weighted by Gasteiger charge is -2.13. The number of rotatable bonds is 5. The Morgan fingerprint density at radius 1 is 1.14 bits per heavy atom. The van der Waals surface area contributed by atoms with Gasteiger partial charge >= 0.3 is 0 Å². The Morgan fingerprint density at radius 3 is 2.33 bits per heavy atom. The number of benzene rings is 2. The molecule has 0 fully saturated rings. The molecule has 0 aliphatic carbocycles. The van der Waals surface area contributed by atoms with Crippen molar-refractivity contribution in [3.05, 3.63) is 46.2 Å². The van der Waals surface area contributed by atoms with Crippen LogP contribution >= 0.6 is 15.9 Å². The topological polar surface area (TPSA) is 50.7 Å². The zero-order valence-corrected chi connectivity index (χ0v) is 13.2. The number of methoxy groups -OCH3 is 2. The minimum atomic E-state index is -0.337. The molecule has 2 aromatic rings. The van der Waals surface area contributed by atoms with Crippen LogP contribution in [-0.4, -0.2) is 19.3 Å². The Balaban J connectivity index is 2.22. The molecule has 2 aromatic carbocycles. The van der Waals surface area contributed by atoms with Crippen LogP contribution in [-0.2, 0) is 6.54 Å². The first-order valence-corrected chi connectivity index (χ1v) is 6.97. The van der Waals surface area contributed by atoms with Crippen molar-refractivity contribution >= 4 is 21.6 Å². The van der Waals surface area contributed by atoms with Gasteiger partial charge in [-0.1, -0.05) is 15.9 Å². The molecular weight excluding hydrogens is 341 g/mol. The molecule has 0 amide bonds. The summed E-state index contributed by atoms with van der Waals surface area (Å²) in [5, 5.41) is 12.8. The fourth-order valence-corrected chi connectivity index (χ4v) is 2.24. The predicted octanol–water partition coefficient (Wildman–Crippen LogP) is 3.92. The Kier molecular flexibility index (Phi) is 4.90. The summed E-state index contributed by atoms with van der Waals surface area (Å²) >= 11 is 3.30. The van der Waals surface area contributed by atoms with E-state index in [1.54, 1.807) is 24.3 Å². The number of phenols is 1. The summed E-state index contributed by atoms with van der Waals surface area (Å²) in [5.74, 6) is 0.218. The molecule has 112 valence electrons.